The molecule has 1 N–H and O–H groups in total. The number of benzene rings is 1. The van der Waals surface area contributed by atoms with Crippen molar-refractivity contribution in [1.29, 1.82) is 0 Å². The first kappa shape index (κ1) is 14.5. The summed E-state index contributed by atoms with van der Waals surface area (Å²) in [5.41, 5.74) is 1.43. The Kier molecular flexibility index (Phi) is 3.81. The van der Waals surface area contributed by atoms with Gasteiger partial charge in [-0.05, 0) is 55.5 Å². The molecule has 0 atom stereocenters. The maximum atomic E-state index is 11.5. The second kappa shape index (κ2) is 5.77. The van der Waals surface area contributed by atoms with Crippen LogP contribution in [0, 0.1) is 6.92 Å². The van der Waals surface area contributed by atoms with Gasteiger partial charge in [0, 0.05) is 9.86 Å². The lowest BCUT2D eigenvalue weighted by Crippen LogP contribution is -2.00. The van der Waals surface area contributed by atoms with Crippen LogP contribution in [0.25, 0.3) is 23.1 Å². The molecule has 0 saturated heterocycles. The Hall–Kier alpha value is -2.40. The van der Waals surface area contributed by atoms with E-state index in [0.717, 1.165) is 10.2 Å². The maximum Gasteiger partial charge on any atom is 0.336 e. The molecule has 0 saturated carbocycles. The van der Waals surface area contributed by atoms with Crippen molar-refractivity contribution in [2.45, 2.75) is 6.92 Å². The van der Waals surface area contributed by atoms with Gasteiger partial charge in [0.1, 0.15) is 11.5 Å². The molecule has 0 unspecified atom stereocenters. The number of fused-ring (bicyclic) bond motifs is 1. The summed E-state index contributed by atoms with van der Waals surface area (Å²) in [6, 6.07) is 10.7. The number of carboxylic acids is 1. The Morgan fingerprint density at radius 3 is 2.73 bits per heavy atom. The van der Waals surface area contributed by atoms with Crippen molar-refractivity contribution >= 4 is 45.0 Å². The third-order valence-electron chi connectivity index (χ3n) is 3.20. The van der Waals surface area contributed by atoms with E-state index in [1.54, 1.807) is 30.4 Å². The van der Waals surface area contributed by atoms with E-state index in [9.17, 15) is 9.90 Å². The highest BCUT2D eigenvalue weighted by Crippen LogP contribution is 2.24. The standard InChI is InChI=1S/C17H12BrNO3/c1-10-2-5-13(22-10)6-4-12-9-15(17(20)21)14-8-11(18)3-7-16(14)19-12/h2-9H,1H3,(H,20,21)/b6-4+. The van der Waals surface area contributed by atoms with Gasteiger partial charge in [0.15, 0.2) is 0 Å². The average molecular weight is 358 g/mol. The summed E-state index contributed by atoms with van der Waals surface area (Å²) in [7, 11) is 0. The third kappa shape index (κ3) is 2.94. The van der Waals surface area contributed by atoms with E-state index in [-0.39, 0.29) is 5.56 Å². The van der Waals surface area contributed by atoms with Gasteiger partial charge >= 0.3 is 5.97 Å². The van der Waals surface area contributed by atoms with Crippen LogP contribution in [-0.4, -0.2) is 16.1 Å². The Morgan fingerprint density at radius 1 is 1.23 bits per heavy atom. The van der Waals surface area contributed by atoms with Crippen LogP contribution >= 0.6 is 15.9 Å². The number of halogens is 1. The van der Waals surface area contributed by atoms with Gasteiger partial charge in [-0.2, -0.15) is 0 Å². The summed E-state index contributed by atoms with van der Waals surface area (Å²) in [6.45, 7) is 1.87. The summed E-state index contributed by atoms with van der Waals surface area (Å²) < 4.78 is 6.27. The molecule has 22 heavy (non-hydrogen) atoms. The molecule has 4 nitrogen and oxygen atoms in total. The van der Waals surface area contributed by atoms with Gasteiger partial charge in [-0.25, -0.2) is 9.78 Å². The highest BCUT2D eigenvalue weighted by Gasteiger charge is 2.11. The molecule has 0 bridgehead atoms. The Morgan fingerprint density at radius 2 is 2.05 bits per heavy atom. The maximum absolute atomic E-state index is 11.5. The number of pyridine rings is 1. The molecule has 2 aromatic heterocycles. The fourth-order valence-corrected chi connectivity index (χ4v) is 2.55. The van der Waals surface area contributed by atoms with Gasteiger partial charge in [0.25, 0.3) is 0 Å². The lowest BCUT2D eigenvalue weighted by atomic mass is 10.1. The topological polar surface area (TPSA) is 63.3 Å². The zero-order valence-electron chi connectivity index (χ0n) is 11.7. The number of carbonyl (C=O) groups is 1. The molecule has 3 aromatic rings. The minimum atomic E-state index is -0.978. The monoisotopic (exact) mass is 357 g/mol. The molecule has 0 radical (unpaired) electrons. The van der Waals surface area contributed by atoms with Crippen molar-refractivity contribution < 1.29 is 14.3 Å². The smallest absolute Gasteiger partial charge is 0.336 e. The number of carboxylic acid groups (broad SMARTS) is 1. The van der Waals surface area contributed by atoms with Crippen molar-refractivity contribution in [1.82, 2.24) is 4.98 Å². The fourth-order valence-electron chi connectivity index (χ4n) is 2.19. The SMILES string of the molecule is Cc1ccc(/C=C/c2cc(C(=O)O)c3cc(Br)ccc3n2)o1. The highest BCUT2D eigenvalue weighted by molar-refractivity contribution is 9.10. The number of aryl methyl sites for hydroxylation is 1. The summed E-state index contributed by atoms with van der Waals surface area (Å²) in [4.78, 5) is 15.9. The van der Waals surface area contributed by atoms with E-state index in [2.05, 4.69) is 20.9 Å². The van der Waals surface area contributed by atoms with Crippen LogP contribution < -0.4 is 0 Å². The number of aromatic carboxylic acids is 1. The van der Waals surface area contributed by atoms with Crippen molar-refractivity contribution in [2.24, 2.45) is 0 Å². The lowest BCUT2D eigenvalue weighted by molar-refractivity contribution is 0.0699. The molecule has 0 aliphatic carbocycles. The first-order valence-corrected chi connectivity index (χ1v) is 7.40. The number of furan rings is 1. The van der Waals surface area contributed by atoms with Crippen LogP contribution in [0.1, 0.15) is 27.6 Å². The van der Waals surface area contributed by atoms with Crippen molar-refractivity contribution in [3.05, 3.63) is 63.6 Å². The van der Waals surface area contributed by atoms with E-state index in [4.69, 9.17) is 4.42 Å². The quantitative estimate of drug-likeness (QED) is 0.733. The minimum absolute atomic E-state index is 0.224. The number of nitrogens with zero attached hydrogens (tertiary/aromatic N) is 1. The van der Waals surface area contributed by atoms with Gasteiger partial charge in [-0.1, -0.05) is 15.9 Å². The number of aromatic nitrogens is 1. The predicted octanol–water partition coefficient (Wildman–Crippen LogP) is 4.77. The van der Waals surface area contributed by atoms with E-state index in [1.165, 1.54) is 0 Å². The Balaban J connectivity index is 2.09. The Bertz CT molecular complexity index is 896. The van der Waals surface area contributed by atoms with Gasteiger partial charge < -0.3 is 9.52 Å². The Labute approximate surface area is 135 Å². The highest BCUT2D eigenvalue weighted by atomic mass is 79.9. The van der Waals surface area contributed by atoms with Crippen molar-refractivity contribution in [2.75, 3.05) is 0 Å². The fraction of sp³-hybridized carbons (Fsp3) is 0.0588. The van der Waals surface area contributed by atoms with Gasteiger partial charge in [0.2, 0.25) is 0 Å². The molecule has 0 spiro atoms. The molecular weight excluding hydrogens is 346 g/mol. The number of hydrogen-bond acceptors (Lipinski definition) is 3. The molecule has 110 valence electrons. The van der Waals surface area contributed by atoms with E-state index in [1.807, 2.05) is 25.1 Å². The van der Waals surface area contributed by atoms with Crippen molar-refractivity contribution in [3.8, 4) is 0 Å². The third-order valence-corrected chi connectivity index (χ3v) is 3.69. The number of hydrogen-bond donors (Lipinski definition) is 1. The van der Waals surface area contributed by atoms with Crippen LogP contribution in [0.3, 0.4) is 0 Å². The molecule has 1 aromatic carbocycles. The van der Waals surface area contributed by atoms with Crippen LogP contribution in [0.2, 0.25) is 0 Å². The first-order valence-electron chi connectivity index (χ1n) is 6.61. The van der Waals surface area contributed by atoms with Gasteiger partial charge in [-0.3, -0.25) is 0 Å². The van der Waals surface area contributed by atoms with Crippen LogP contribution in [0.15, 0.2) is 45.3 Å². The second-order valence-corrected chi connectivity index (χ2v) is 5.76. The van der Waals surface area contributed by atoms with E-state index < -0.39 is 5.97 Å². The van der Waals surface area contributed by atoms with E-state index in [0.29, 0.717) is 22.4 Å². The van der Waals surface area contributed by atoms with Crippen LogP contribution in [0.5, 0.6) is 0 Å². The second-order valence-electron chi connectivity index (χ2n) is 4.84. The van der Waals surface area contributed by atoms with E-state index >= 15 is 0 Å². The average Bonchev–Trinajstić information content (AvgIpc) is 2.90. The summed E-state index contributed by atoms with van der Waals surface area (Å²) in [5, 5.41) is 10.0. The minimum Gasteiger partial charge on any atom is -0.478 e. The molecule has 3 rings (SSSR count). The normalized spacial score (nSPS) is 11.4. The van der Waals surface area contributed by atoms with Crippen molar-refractivity contribution in [3.63, 3.8) is 0 Å². The molecule has 0 aliphatic heterocycles. The summed E-state index contributed by atoms with van der Waals surface area (Å²) in [5.74, 6) is 0.545. The molecule has 2 heterocycles. The van der Waals surface area contributed by atoms with Crippen LogP contribution in [0.4, 0.5) is 0 Å². The molecular formula is C17H12BrNO3. The first-order chi connectivity index (χ1) is 10.5. The molecule has 5 heteroatoms. The van der Waals surface area contributed by atoms with Crippen LogP contribution in [-0.2, 0) is 0 Å². The summed E-state index contributed by atoms with van der Waals surface area (Å²) >= 11 is 3.35. The molecule has 0 aliphatic rings. The zero-order valence-corrected chi connectivity index (χ0v) is 13.3. The van der Waals surface area contributed by atoms with Gasteiger partial charge in [-0.15, -0.1) is 0 Å². The van der Waals surface area contributed by atoms with Gasteiger partial charge in [0.05, 0.1) is 16.8 Å². The zero-order chi connectivity index (χ0) is 15.7. The lowest BCUT2D eigenvalue weighted by Gasteiger charge is -2.05. The number of rotatable bonds is 3. The largest absolute Gasteiger partial charge is 0.478 e. The summed E-state index contributed by atoms with van der Waals surface area (Å²) in [6.07, 6.45) is 3.51. The molecule has 0 amide bonds. The molecule has 0 fully saturated rings. The predicted molar refractivity (Wildman–Crippen MR) is 88.8 cm³/mol.